The number of rotatable bonds is 7. The molecule has 1 N–H and O–H groups in total. The van der Waals surface area contributed by atoms with E-state index in [-0.39, 0.29) is 12.5 Å². The number of hydrogen-bond donors (Lipinski definition) is 1. The zero-order valence-corrected chi connectivity index (χ0v) is 11.4. The SMILES string of the molecule is COc1ccc(C=O)c(OCC(=O)NCC(C)C)c1. The number of carbonyl (C=O) groups excluding carboxylic acids is 2. The Hall–Kier alpha value is -2.04. The van der Waals surface area contributed by atoms with Crippen LogP contribution in [-0.2, 0) is 4.79 Å². The molecule has 19 heavy (non-hydrogen) atoms. The molecule has 0 aliphatic rings. The third kappa shape index (κ3) is 4.99. The van der Waals surface area contributed by atoms with Crippen molar-refractivity contribution in [3.63, 3.8) is 0 Å². The lowest BCUT2D eigenvalue weighted by molar-refractivity contribution is -0.123. The molecule has 0 aliphatic heterocycles. The first-order chi connectivity index (χ1) is 9.06. The number of hydrogen-bond acceptors (Lipinski definition) is 4. The van der Waals surface area contributed by atoms with Gasteiger partial charge in [-0.1, -0.05) is 13.8 Å². The molecule has 0 saturated heterocycles. The minimum Gasteiger partial charge on any atom is -0.497 e. The predicted octanol–water partition coefficient (Wildman–Crippen LogP) is 1.66. The third-order valence-corrected chi connectivity index (χ3v) is 2.41. The maximum atomic E-state index is 11.5. The van der Waals surface area contributed by atoms with E-state index in [4.69, 9.17) is 9.47 Å². The summed E-state index contributed by atoms with van der Waals surface area (Å²) in [4.78, 5) is 22.4. The van der Waals surface area contributed by atoms with Crippen LogP contribution < -0.4 is 14.8 Å². The second-order valence-electron chi connectivity index (χ2n) is 4.51. The van der Waals surface area contributed by atoms with Crippen LogP contribution in [0.3, 0.4) is 0 Å². The lowest BCUT2D eigenvalue weighted by atomic mass is 10.2. The maximum Gasteiger partial charge on any atom is 0.257 e. The quantitative estimate of drug-likeness (QED) is 0.761. The molecule has 0 unspecified atom stereocenters. The molecule has 1 amide bonds. The summed E-state index contributed by atoms with van der Waals surface area (Å²) in [5, 5.41) is 2.73. The van der Waals surface area contributed by atoms with E-state index >= 15 is 0 Å². The molecule has 5 heteroatoms. The standard InChI is InChI=1S/C14H19NO4/c1-10(2)7-15-14(17)9-19-13-6-12(18-3)5-4-11(13)8-16/h4-6,8,10H,7,9H2,1-3H3,(H,15,17). The highest BCUT2D eigenvalue weighted by Crippen LogP contribution is 2.23. The van der Waals surface area contributed by atoms with Crippen molar-refractivity contribution in [2.24, 2.45) is 5.92 Å². The van der Waals surface area contributed by atoms with Gasteiger partial charge in [0, 0.05) is 12.6 Å². The molecule has 0 bridgehead atoms. The molecule has 1 rings (SSSR count). The number of benzene rings is 1. The van der Waals surface area contributed by atoms with Gasteiger partial charge in [0.05, 0.1) is 12.7 Å². The van der Waals surface area contributed by atoms with E-state index in [1.807, 2.05) is 13.8 Å². The van der Waals surface area contributed by atoms with E-state index in [9.17, 15) is 9.59 Å². The largest absolute Gasteiger partial charge is 0.497 e. The fourth-order valence-electron chi connectivity index (χ4n) is 1.38. The predicted molar refractivity (Wildman–Crippen MR) is 71.7 cm³/mol. The lowest BCUT2D eigenvalue weighted by Crippen LogP contribution is -2.31. The number of amides is 1. The molecular formula is C14H19NO4. The summed E-state index contributed by atoms with van der Waals surface area (Å²) in [7, 11) is 1.52. The van der Waals surface area contributed by atoms with Crippen LogP contribution in [-0.4, -0.2) is 32.5 Å². The van der Waals surface area contributed by atoms with Gasteiger partial charge in [0.2, 0.25) is 0 Å². The Morgan fingerprint density at radius 1 is 1.42 bits per heavy atom. The monoisotopic (exact) mass is 265 g/mol. The fraction of sp³-hybridized carbons (Fsp3) is 0.429. The van der Waals surface area contributed by atoms with Gasteiger partial charge in [-0.3, -0.25) is 9.59 Å². The molecule has 0 fully saturated rings. The van der Waals surface area contributed by atoms with Crippen molar-refractivity contribution in [3.8, 4) is 11.5 Å². The molecule has 0 spiro atoms. The van der Waals surface area contributed by atoms with Gasteiger partial charge in [-0.15, -0.1) is 0 Å². The summed E-state index contributed by atoms with van der Waals surface area (Å²) >= 11 is 0. The smallest absolute Gasteiger partial charge is 0.257 e. The summed E-state index contributed by atoms with van der Waals surface area (Å²) in [5.74, 6) is 1.08. The Morgan fingerprint density at radius 2 is 2.16 bits per heavy atom. The Balaban J connectivity index is 2.60. The van der Waals surface area contributed by atoms with Gasteiger partial charge in [-0.2, -0.15) is 0 Å². The van der Waals surface area contributed by atoms with E-state index in [0.717, 1.165) is 0 Å². The maximum absolute atomic E-state index is 11.5. The number of aldehydes is 1. The van der Waals surface area contributed by atoms with Gasteiger partial charge in [-0.05, 0) is 18.1 Å². The molecule has 5 nitrogen and oxygen atoms in total. The van der Waals surface area contributed by atoms with Crippen molar-refractivity contribution in [1.29, 1.82) is 0 Å². The Morgan fingerprint density at radius 3 is 2.74 bits per heavy atom. The molecule has 0 atom stereocenters. The van der Waals surface area contributed by atoms with Gasteiger partial charge < -0.3 is 14.8 Å². The van der Waals surface area contributed by atoms with Gasteiger partial charge in [0.1, 0.15) is 11.5 Å². The van der Waals surface area contributed by atoms with Crippen molar-refractivity contribution < 1.29 is 19.1 Å². The molecule has 0 radical (unpaired) electrons. The molecule has 0 saturated carbocycles. The molecular weight excluding hydrogens is 246 g/mol. The molecule has 0 heterocycles. The van der Waals surface area contributed by atoms with Gasteiger partial charge in [0.25, 0.3) is 5.91 Å². The first kappa shape index (κ1) is 15.0. The van der Waals surface area contributed by atoms with Crippen molar-refractivity contribution >= 4 is 12.2 Å². The first-order valence-electron chi connectivity index (χ1n) is 6.09. The molecule has 104 valence electrons. The summed E-state index contributed by atoms with van der Waals surface area (Å²) in [5.41, 5.74) is 0.387. The zero-order chi connectivity index (χ0) is 14.3. The second kappa shape index (κ2) is 7.41. The topological polar surface area (TPSA) is 64.6 Å². The van der Waals surface area contributed by atoms with E-state index < -0.39 is 0 Å². The van der Waals surface area contributed by atoms with E-state index in [0.29, 0.717) is 35.8 Å². The molecule has 1 aromatic rings. The lowest BCUT2D eigenvalue weighted by Gasteiger charge is -2.11. The number of methoxy groups -OCH3 is 1. The van der Waals surface area contributed by atoms with Gasteiger partial charge >= 0.3 is 0 Å². The summed E-state index contributed by atoms with van der Waals surface area (Å²) < 4.78 is 10.4. The summed E-state index contributed by atoms with van der Waals surface area (Å²) in [6.07, 6.45) is 0.681. The molecule has 0 aliphatic carbocycles. The second-order valence-corrected chi connectivity index (χ2v) is 4.51. The minimum atomic E-state index is -0.214. The van der Waals surface area contributed by atoms with Crippen LogP contribution in [0.5, 0.6) is 11.5 Å². The average Bonchev–Trinajstić information content (AvgIpc) is 2.42. The van der Waals surface area contributed by atoms with E-state index in [1.165, 1.54) is 7.11 Å². The average molecular weight is 265 g/mol. The van der Waals surface area contributed by atoms with Crippen LogP contribution >= 0.6 is 0 Å². The zero-order valence-electron chi connectivity index (χ0n) is 11.4. The van der Waals surface area contributed by atoms with Crippen LogP contribution in [0.1, 0.15) is 24.2 Å². The number of nitrogens with one attached hydrogen (secondary N) is 1. The Kier molecular flexibility index (Phi) is 5.85. The van der Waals surface area contributed by atoms with Crippen LogP contribution in [0.15, 0.2) is 18.2 Å². The van der Waals surface area contributed by atoms with E-state index in [2.05, 4.69) is 5.32 Å². The highest BCUT2D eigenvalue weighted by atomic mass is 16.5. The normalized spacial score (nSPS) is 10.1. The Bertz CT molecular complexity index is 443. The number of carbonyl (C=O) groups is 2. The summed E-state index contributed by atoms with van der Waals surface area (Å²) in [6, 6.07) is 4.84. The van der Waals surface area contributed by atoms with Crippen molar-refractivity contribution in [3.05, 3.63) is 23.8 Å². The van der Waals surface area contributed by atoms with Gasteiger partial charge in [0.15, 0.2) is 12.9 Å². The van der Waals surface area contributed by atoms with Crippen LogP contribution in [0, 0.1) is 5.92 Å². The van der Waals surface area contributed by atoms with E-state index in [1.54, 1.807) is 18.2 Å². The number of ether oxygens (including phenoxy) is 2. The van der Waals surface area contributed by atoms with Crippen molar-refractivity contribution in [2.75, 3.05) is 20.3 Å². The molecule has 1 aromatic carbocycles. The van der Waals surface area contributed by atoms with Crippen LogP contribution in [0.2, 0.25) is 0 Å². The highest BCUT2D eigenvalue weighted by molar-refractivity contribution is 5.81. The van der Waals surface area contributed by atoms with Crippen LogP contribution in [0.25, 0.3) is 0 Å². The first-order valence-corrected chi connectivity index (χ1v) is 6.09. The van der Waals surface area contributed by atoms with Crippen LogP contribution in [0.4, 0.5) is 0 Å². The molecule has 0 aromatic heterocycles. The van der Waals surface area contributed by atoms with Crippen molar-refractivity contribution in [2.45, 2.75) is 13.8 Å². The van der Waals surface area contributed by atoms with Crippen molar-refractivity contribution in [1.82, 2.24) is 5.32 Å². The fourth-order valence-corrected chi connectivity index (χ4v) is 1.38. The summed E-state index contributed by atoms with van der Waals surface area (Å²) in [6.45, 7) is 4.49. The highest BCUT2D eigenvalue weighted by Gasteiger charge is 2.08. The third-order valence-electron chi connectivity index (χ3n) is 2.41. The minimum absolute atomic E-state index is 0.124. The Labute approximate surface area is 112 Å². The van der Waals surface area contributed by atoms with Gasteiger partial charge in [-0.25, -0.2) is 0 Å².